The molecule has 1 aliphatic heterocycles. The van der Waals surface area contributed by atoms with E-state index in [1.165, 1.54) is 35.4 Å². The van der Waals surface area contributed by atoms with Crippen molar-refractivity contribution in [1.82, 2.24) is 10.2 Å². The second-order valence-electron chi connectivity index (χ2n) is 10.1. The fourth-order valence-corrected chi connectivity index (χ4v) is 5.52. The van der Waals surface area contributed by atoms with Gasteiger partial charge in [-0.1, -0.05) is 36.4 Å². The van der Waals surface area contributed by atoms with Crippen molar-refractivity contribution in [2.24, 2.45) is 0 Å². The third-order valence-electron chi connectivity index (χ3n) is 7.53. The molecule has 1 fully saturated rings. The normalized spacial score (nSPS) is 15.6. The highest BCUT2D eigenvalue weighted by atomic mass is 19.1. The summed E-state index contributed by atoms with van der Waals surface area (Å²) < 4.78 is 32.9. The molecule has 6 rings (SSSR count). The molecule has 1 aliphatic rings. The molecule has 4 aromatic carbocycles. The van der Waals surface area contributed by atoms with Crippen LogP contribution in [0.2, 0.25) is 0 Å². The van der Waals surface area contributed by atoms with E-state index in [2.05, 4.69) is 34.5 Å². The van der Waals surface area contributed by atoms with Gasteiger partial charge in [0.05, 0.1) is 5.56 Å². The molecule has 0 radical (unpaired) electrons. The highest BCUT2D eigenvalue weighted by Crippen LogP contribution is 2.36. The first-order chi connectivity index (χ1) is 19.0. The minimum Gasteiger partial charge on any atom is -0.455 e. The Morgan fingerprint density at radius 3 is 2.33 bits per heavy atom. The molecule has 4 nitrogen and oxygen atoms in total. The van der Waals surface area contributed by atoms with Gasteiger partial charge in [-0.15, -0.1) is 0 Å². The van der Waals surface area contributed by atoms with Gasteiger partial charge in [-0.05, 0) is 95.7 Å². The molecule has 1 amide bonds. The Balaban J connectivity index is 1.27. The fourth-order valence-electron chi connectivity index (χ4n) is 5.52. The summed E-state index contributed by atoms with van der Waals surface area (Å²) in [5.74, 6) is 0.0194. The number of likely N-dealkylation sites (tertiary alicyclic amines) is 1. The summed E-state index contributed by atoms with van der Waals surface area (Å²) in [6, 6.07) is 27.1. The van der Waals surface area contributed by atoms with Crippen LogP contribution in [0.1, 0.15) is 33.8 Å². The van der Waals surface area contributed by atoms with Crippen LogP contribution in [0, 0.1) is 11.6 Å². The van der Waals surface area contributed by atoms with Gasteiger partial charge in [0.2, 0.25) is 0 Å². The minimum absolute atomic E-state index is 0.201. The zero-order chi connectivity index (χ0) is 26.9. The first-order valence-corrected chi connectivity index (χ1v) is 13.1. The maximum absolute atomic E-state index is 13.5. The summed E-state index contributed by atoms with van der Waals surface area (Å²) in [7, 11) is 1.59. The zero-order valence-corrected chi connectivity index (χ0v) is 21.6. The number of halogens is 2. The van der Waals surface area contributed by atoms with E-state index in [1.807, 2.05) is 30.3 Å². The maximum Gasteiger partial charge on any atom is 0.255 e. The Morgan fingerprint density at radius 1 is 0.897 bits per heavy atom. The van der Waals surface area contributed by atoms with E-state index in [1.54, 1.807) is 19.2 Å². The van der Waals surface area contributed by atoms with E-state index in [4.69, 9.17) is 4.42 Å². The lowest BCUT2D eigenvalue weighted by molar-refractivity contribution is 0.0964. The van der Waals surface area contributed by atoms with Crippen LogP contribution in [-0.4, -0.2) is 30.9 Å². The monoisotopic (exact) mass is 522 g/mol. The summed E-state index contributed by atoms with van der Waals surface area (Å²) in [6.45, 7) is 2.77. The molecule has 1 unspecified atom stereocenters. The zero-order valence-electron chi connectivity index (χ0n) is 21.6. The van der Waals surface area contributed by atoms with Crippen LogP contribution in [-0.2, 0) is 6.54 Å². The average Bonchev–Trinajstić information content (AvgIpc) is 3.58. The van der Waals surface area contributed by atoms with Crippen molar-refractivity contribution < 1.29 is 18.0 Å². The number of carbonyl (C=O) groups excluding carboxylic acids is 1. The number of nitrogens with zero attached hydrogens (tertiary/aromatic N) is 1. The van der Waals surface area contributed by atoms with Gasteiger partial charge >= 0.3 is 0 Å². The van der Waals surface area contributed by atoms with Gasteiger partial charge < -0.3 is 9.73 Å². The molecule has 2 heterocycles. The topological polar surface area (TPSA) is 45.5 Å². The molecule has 1 N–H and O–H groups in total. The summed E-state index contributed by atoms with van der Waals surface area (Å²) in [4.78, 5) is 15.4. The van der Waals surface area contributed by atoms with E-state index in [0.717, 1.165) is 37.2 Å². The average molecular weight is 523 g/mol. The quantitative estimate of drug-likeness (QED) is 0.253. The maximum atomic E-state index is 13.5. The number of amides is 1. The lowest BCUT2D eigenvalue weighted by atomic mass is 9.98. The van der Waals surface area contributed by atoms with Crippen LogP contribution >= 0.6 is 0 Å². The highest BCUT2D eigenvalue weighted by molar-refractivity contribution is 6.11. The van der Waals surface area contributed by atoms with Crippen molar-refractivity contribution in [3.05, 3.63) is 119 Å². The number of rotatable bonds is 6. The predicted octanol–water partition coefficient (Wildman–Crippen LogP) is 7.39. The van der Waals surface area contributed by atoms with Crippen LogP contribution in [0.25, 0.3) is 33.4 Å². The van der Waals surface area contributed by atoms with E-state index < -0.39 is 0 Å². The Hall–Kier alpha value is -4.29. The van der Waals surface area contributed by atoms with Gasteiger partial charge in [-0.2, -0.15) is 0 Å². The summed E-state index contributed by atoms with van der Waals surface area (Å²) >= 11 is 0. The van der Waals surface area contributed by atoms with Crippen LogP contribution in [0.15, 0.2) is 95.4 Å². The Labute approximate surface area is 225 Å². The van der Waals surface area contributed by atoms with Crippen LogP contribution in [0.4, 0.5) is 8.78 Å². The van der Waals surface area contributed by atoms with Crippen LogP contribution in [0.5, 0.6) is 0 Å². The van der Waals surface area contributed by atoms with Crippen molar-refractivity contribution in [2.75, 3.05) is 20.1 Å². The van der Waals surface area contributed by atoms with Crippen molar-refractivity contribution in [3.63, 3.8) is 0 Å². The molecule has 5 aromatic rings. The number of furan rings is 1. The first-order valence-electron chi connectivity index (χ1n) is 13.1. The van der Waals surface area contributed by atoms with Crippen molar-refractivity contribution in [3.8, 4) is 22.5 Å². The third-order valence-corrected chi connectivity index (χ3v) is 7.53. The Kier molecular flexibility index (Phi) is 6.71. The van der Waals surface area contributed by atoms with Gasteiger partial charge in [0.15, 0.2) is 0 Å². The molecule has 39 heavy (non-hydrogen) atoms. The number of hydrogen-bond acceptors (Lipinski definition) is 3. The van der Waals surface area contributed by atoms with Crippen molar-refractivity contribution in [1.29, 1.82) is 0 Å². The lowest BCUT2D eigenvalue weighted by Gasteiger charge is -2.17. The lowest BCUT2D eigenvalue weighted by Crippen LogP contribution is -2.19. The van der Waals surface area contributed by atoms with Crippen molar-refractivity contribution in [2.45, 2.75) is 18.9 Å². The van der Waals surface area contributed by atoms with Gasteiger partial charge in [0.1, 0.15) is 23.0 Å². The number of carbonyl (C=O) groups is 1. The standard InChI is InChI=1S/C33H28F2N2O2/c1-36-33(38)31-29-18-25(9-14-30(29)39-32(31)23-7-12-28(35)13-8-23)24-4-2-3-21(17-24)19-37-16-15-26(20-37)22-5-10-27(34)11-6-22/h2-14,17-18,26H,15-16,19-20H2,1H3,(H,36,38). The highest BCUT2D eigenvalue weighted by Gasteiger charge is 2.24. The Morgan fingerprint density at radius 2 is 1.59 bits per heavy atom. The molecule has 0 spiro atoms. The fraction of sp³-hybridized carbons (Fsp3) is 0.182. The number of nitrogens with one attached hydrogen (secondary N) is 1. The predicted molar refractivity (Wildman–Crippen MR) is 149 cm³/mol. The van der Waals surface area contributed by atoms with E-state index in [0.29, 0.717) is 33.8 Å². The SMILES string of the molecule is CNC(=O)c1c(-c2ccc(F)cc2)oc2ccc(-c3cccc(CN4CCC(c5ccc(F)cc5)C4)c3)cc12. The smallest absolute Gasteiger partial charge is 0.255 e. The molecule has 1 aromatic heterocycles. The van der Waals surface area contributed by atoms with E-state index in [-0.39, 0.29) is 17.5 Å². The summed E-state index contributed by atoms with van der Waals surface area (Å²) in [6.07, 6.45) is 1.06. The first kappa shape index (κ1) is 25.0. The second kappa shape index (κ2) is 10.5. The van der Waals surface area contributed by atoms with Gasteiger partial charge in [0.25, 0.3) is 5.91 Å². The van der Waals surface area contributed by atoms with Crippen LogP contribution < -0.4 is 5.32 Å². The molecule has 0 aliphatic carbocycles. The minimum atomic E-state index is -0.349. The molecule has 0 saturated carbocycles. The van der Waals surface area contributed by atoms with Gasteiger partial charge in [0, 0.05) is 31.1 Å². The Bertz CT molecular complexity index is 1640. The molecule has 1 saturated heterocycles. The largest absolute Gasteiger partial charge is 0.455 e. The molecule has 0 bridgehead atoms. The number of fused-ring (bicyclic) bond motifs is 1. The molecule has 1 atom stereocenters. The van der Waals surface area contributed by atoms with E-state index in [9.17, 15) is 13.6 Å². The number of hydrogen-bond donors (Lipinski definition) is 1. The number of benzene rings is 4. The van der Waals surface area contributed by atoms with Gasteiger partial charge in [-0.3, -0.25) is 9.69 Å². The summed E-state index contributed by atoms with van der Waals surface area (Å²) in [5, 5.41) is 3.42. The summed E-state index contributed by atoms with van der Waals surface area (Å²) in [5.41, 5.74) is 6.09. The third kappa shape index (κ3) is 5.08. The van der Waals surface area contributed by atoms with E-state index >= 15 is 0 Å². The molecule has 196 valence electrons. The van der Waals surface area contributed by atoms with Crippen LogP contribution in [0.3, 0.4) is 0 Å². The molecular formula is C33H28F2N2O2. The second-order valence-corrected chi connectivity index (χ2v) is 10.1. The molecule has 6 heteroatoms. The van der Waals surface area contributed by atoms with Gasteiger partial charge in [-0.25, -0.2) is 8.78 Å². The molecular weight excluding hydrogens is 494 g/mol. The van der Waals surface area contributed by atoms with Crippen molar-refractivity contribution >= 4 is 16.9 Å².